The topological polar surface area (TPSA) is 76.4 Å². The van der Waals surface area contributed by atoms with Crippen LogP contribution in [-0.4, -0.2) is 63.8 Å². The standard InChI is InChI=1S/C20H19F3N6O2/c1-31-18-13-24-12-17(25-18)27-8-10-28(11-9-27)19(30)14-2-4-15(5-3-14)29-7-6-16(26-29)20(21,22)23/h2-7,12-13H,8-11H2,1H3. The molecule has 1 aliphatic heterocycles. The minimum Gasteiger partial charge on any atom is -0.480 e. The summed E-state index contributed by atoms with van der Waals surface area (Å²) < 4.78 is 44.4. The van der Waals surface area contributed by atoms with Crippen LogP contribution in [0.5, 0.6) is 5.88 Å². The first-order chi connectivity index (χ1) is 14.8. The van der Waals surface area contributed by atoms with E-state index in [1.165, 1.54) is 19.5 Å². The quantitative estimate of drug-likeness (QED) is 0.631. The first-order valence-corrected chi connectivity index (χ1v) is 9.49. The van der Waals surface area contributed by atoms with Crippen LogP contribution in [0.2, 0.25) is 0 Å². The van der Waals surface area contributed by atoms with Crippen LogP contribution >= 0.6 is 0 Å². The molecule has 8 nitrogen and oxygen atoms in total. The Balaban J connectivity index is 1.39. The molecular formula is C20H19F3N6O2. The highest BCUT2D eigenvalue weighted by Gasteiger charge is 2.33. The molecular weight excluding hydrogens is 413 g/mol. The summed E-state index contributed by atoms with van der Waals surface area (Å²) in [4.78, 5) is 25.0. The lowest BCUT2D eigenvalue weighted by molar-refractivity contribution is -0.141. The fraction of sp³-hybridized carbons (Fsp3) is 0.300. The third kappa shape index (κ3) is 4.44. The lowest BCUT2D eigenvalue weighted by Gasteiger charge is -2.35. The predicted molar refractivity (Wildman–Crippen MR) is 105 cm³/mol. The number of aromatic nitrogens is 4. The fourth-order valence-corrected chi connectivity index (χ4v) is 3.29. The average molecular weight is 432 g/mol. The number of nitrogens with zero attached hydrogens (tertiary/aromatic N) is 6. The number of alkyl halides is 3. The van der Waals surface area contributed by atoms with E-state index in [1.54, 1.807) is 35.4 Å². The van der Waals surface area contributed by atoms with E-state index < -0.39 is 11.9 Å². The zero-order chi connectivity index (χ0) is 22.0. The Labute approximate surface area is 175 Å². The van der Waals surface area contributed by atoms with Gasteiger partial charge in [0.15, 0.2) is 11.5 Å². The van der Waals surface area contributed by atoms with E-state index in [-0.39, 0.29) is 5.91 Å². The van der Waals surface area contributed by atoms with Crippen LogP contribution in [-0.2, 0) is 6.18 Å². The van der Waals surface area contributed by atoms with Crippen molar-refractivity contribution in [1.82, 2.24) is 24.6 Å². The van der Waals surface area contributed by atoms with Crippen molar-refractivity contribution in [3.8, 4) is 11.6 Å². The molecule has 0 aliphatic carbocycles. The Morgan fingerprint density at radius 3 is 2.35 bits per heavy atom. The van der Waals surface area contributed by atoms with Crippen molar-refractivity contribution < 1.29 is 22.7 Å². The maximum atomic E-state index is 12.8. The van der Waals surface area contributed by atoms with Crippen LogP contribution in [0.25, 0.3) is 5.69 Å². The Hall–Kier alpha value is -3.63. The molecule has 1 fully saturated rings. The molecule has 4 rings (SSSR count). The molecule has 11 heteroatoms. The molecule has 1 saturated heterocycles. The van der Waals surface area contributed by atoms with Gasteiger partial charge < -0.3 is 14.5 Å². The summed E-state index contributed by atoms with van der Waals surface area (Å²) in [7, 11) is 1.53. The molecule has 1 aliphatic rings. The molecule has 162 valence electrons. The van der Waals surface area contributed by atoms with E-state index in [2.05, 4.69) is 15.1 Å². The fourth-order valence-electron chi connectivity index (χ4n) is 3.29. The number of halogens is 3. The zero-order valence-corrected chi connectivity index (χ0v) is 16.6. The second-order valence-corrected chi connectivity index (χ2v) is 6.89. The van der Waals surface area contributed by atoms with Crippen molar-refractivity contribution >= 4 is 11.7 Å². The predicted octanol–water partition coefficient (Wildman–Crippen LogP) is 2.65. The van der Waals surface area contributed by atoms with Crippen molar-refractivity contribution in [3.05, 3.63) is 60.2 Å². The summed E-state index contributed by atoms with van der Waals surface area (Å²) in [6.07, 6.45) is -0.0849. The third-order valence-corrected chi connectivity index (χ3v) is 4.96. The Morgan fingerprint density at radius 2 is 1.74 bits per heavy atom. The lowest BCUT2D eigenvalue weighted by atomic mass is 10.1. The zero-order valence-electron chi connectivity index (χ0n) is 16.6. The van der Waals surface area contributed by atoms with E-state index in [1.807, 2.05) is 4.90 Å². The smallest absolute Gasteiger partial charge is 0.435 e. The lowest BCUT2D eigenvalue weighted by Crippen LogP contribution is -2.49. The van der Waals surface area contributed by atoms with Crippen molar-refractivity contribution in [2.45, 2.75) is 6.18 Å². The van der Waals surface area contributed by atoms with Gasteiger partial charge >= 0.3 is 6.18 Å². The normalized spacial score (nSPS) is 14.6. The number of anilines is 1. The number of amides is 1. The average Bonchev–Trinajstić information content (AvgIpc) is 3.30. The van der Waals surface area contributed by atoms with Gasteiger partial charge in [0.1, 0.15) is 0 Å². The molecule has 0 unspecified atom stereocenters. The third-order valence-electron chi connectivity index (χ3n) is 4.96. The molecule has 31 heavy (non-hydrogen) atoms. The van der Waals surface area contributed by atoms with Crippen molar-refractivity contribution in [2.75, 3.05) is 38.2 Å². The van der Waals surface area contributed by atoms with Gasteiger partial charge in [-0.25, -0.2) is 4.68 Å². The van der Waals surface area contributed by atoms with Gasteiger partial charge in [-0.3, -0.25) is 9.78 Å². The van der Waals surface area contributed by atoms with Crippen molar-refractivity contribution in [2.24, 2.45) is 0 Å². The summed E-state index contributed by atoms with van der Waals surface area (Å²) >= 11 is 0. The maximum Gasteiger partial charge on any atom is 0.435 e. The van der Waals surface area contributed by atoms with Gasteiger partial charge in [-0.1, -0.05) is 0 Å². The van der Waals surface area contributed by atoms with Crippen LogP contribution in [0, 0.1) is 0 Å². The Morgan fingerprint density at radius 1 is 1.03 bits per heavy atom. The van der Waals surface area contributed by atoms with Crippen LogP contribution in [0.15, 0.2) is 48.9 Å². The number of carbonyl (C=O) groups excluding carboxylic acids is 1. The molecule has 0 bridgehead atoms. The van der Waals surface area contributed by atoms with Gasteiger partial charge in [0.2, 0.25) is 5.88 Å². The summed E-state index contributed by atoms with van der Waals surface area (Å²) in [6.45, 7) is 2.21. The number of piperazine rings is 1. The van der Waals surface area contributed by atoms with Crippen molar-refractivity contribution in [3.63, 3.8) is 0 Å². The largest absolute Gasteiger partial charge is 0.480 e. The number of ether oxygens (including phenoxy) is 1. The number of methoxy groups -OCH3 is 1. The van der Waals surface area contributed by atoms with E-state index in [4.69, 9.17) is 4.74 Å². The Kier molecular flexibility index (Phi) is 5.49. The summed E-state index contributed by atoms with van der Waals surface area (Å²) in [5.41, 5.74) is -0.0682. The highest BCUT2D eigenvalue weighted by Crippen LogP contribution is 2.28. The van der Waals surface area contributed by atoms with Crippen LogP contribution in [0.1, 0.15) is 16.1 Å². The van der Waals surface area contributed by atoms with Crippen LogP contribution in [0.3, 0.4) is 0 Å². The van der Waals surface area contributed by atoms with Gasteiger partial charge in [0, 0.05) is 37.9 Å². The molecule has 0 radical (unpaired) electrons. The number of hydrogen-bond acceptors (Lipinski definition) is 6. The SMILES string of the molecule is COc1cncc(N2CCN(C(=O)c3ccc(-n4ccc(C(F)(F)F)n4)cc3)CC2)n1. The number of carbonyl (C=O) groups is 1. The minimum atomic E-state index is -4.50. The van der Waals surface area contributed by atoms with Crippen molar-refractivity contribution in [1.29, 1.82) is 0 Å². The van der Waals surface area contributed by atoms with E-state index >= 15 is 0 Å². The number of hydrogen-bond donors (Lipinski definition) is 0. The van der Waals surface area contributed by atoms with E-state index in [0.717, 1.165) is 10.7 Å². The minimum absolute atomic E-state index is 0.139. The van der Waals surface area contributed by atoms with E-state index in [9.17, 15) is 18.0 Å². The molecule has 3 aromatic rings. The highest BCUT2D eigenvalue weighted by atomic mass is 19.4. The number of rotatable bonds is 4. The monoisotopic (exact) mass is 432 g/mol. The summed E-state index contributed by atoms with van der Waals surface area (Å²) in [5.74, 6) is 0.975. The Bertz CT molecular complexity index is 1060. The maximum absolute atomic E-state index is 12.8. The second kappa shape index (κ2) is 8.25. The first-order valence-electron chi connectivity index (χ1n) is 9.49. The molecule has 3 heterocycles. The van der Waals surface area contributed by atoms with Gasteiger partial charge in [0.05, 0.1) is 25.2 Å². The first kappa shape index (κ1) is 20.6. The highest BCUT2D eigenvalue weighted by molar-refractivity contribution is 5.94. The molecule has 1 aromatic carbocycles. The van der Waals surface area contributed by atoms with Crippen LogP contribution < -0.4 is 9.64 Å². The summed E-state index contributed by atoms with van der Waals surface area (Å²) in [5, 5.41) is 3.54. The molecule has 1 amide bonds. The molecule has 0 N–H and O–H groups in total. The second-order valence-electron chi connectivity index (χ2n) is 6.89. The van der Waals surface area contributed by atoms with Gasteiger partial charge in [-0.05, 0) is 30.3 Å². The van der Waals surface area contributed by atoms with E-state index in [0.29, 0.717) is 49.1 Å². The summed E-state index contributed by atoms with van der Waals surface area (Å²) in [6, 6.07) is 7.23. The van der Waals surface area contributed by atoms with Crippen LogP contribution in [0.4, 0.5) is 19.0 Å². The van der Waals surface area contributed by atoms with Gasteiger partial charge in [-0.15, -0.1) is 0 Å². The van der Waals surface area contributed by atoms with Gasteiger partial charge in [0.25, 0.3) is 5.91 Å². The molecule has 0 spiro atoms. The number of benzene rings is 1. The molecule has 0 saturated carbocycles. The van der Waals surface area contributed by atoms with Gasteiger partial charge in [-0.2, -0.15) is 23.3 Å². The molecule has 0 atom stereocenters. The molecule has 2 aromatic heterocycles.